The Bertz CT molecular complexity index is 650. The van der Waals surface area contributed by atoms with Crippen LogP contribution in [0.25, 0.3) is 0 Å². The number of anilines is 1. The standard InChI is InChI=1S/C16H15F2NO2S/c1-11-6-2-4-8-13(11)21-10-15(20)19-12-7-3-5-9-14(12)22-16(17)18/h2-9,16H,10H2,1H3,(H,19,20). The van der Waals surface area contributed by atoms with Crippen LogP contribution in [0.2, 0.25) is 0 Å². The molecular formula is C16H15F2NO2S. The first-order valence-corrected chi connectivity index (χ1v) is 7.46. The van der Waals surface area contributed by atoms with E-state index >= 15 is 0 Å². The van der Waals surface area contributed by atoms with Gasteiger partial charge in [-0.3, -0.25) is 4.79 Å². The molecule has 0 saturated heterocycles. The van der Waals surface area contributed by atoms with Crippen LogP contribution < -0.4 is 10.1 Å². The minimum atomic E-state index is -2.54. The predicted octanol–water partition coefficient (Wildman–Crippen LogP) is 4.33. The Kier molecular flexibility index (Phi) is 5.77. The summed E-state index contributed by atoms with van der Waals surface area (Å²) in [6.07, 6.45) is 0. The number of rotatable bonds is 6. The van der Waals surface area contributed by atoms with Gasteiger partial charge in [-0.15, -0.1) is 0 Å². The average molecular weight is 323 g/mol. The number of ether oxygens (including phenoxy) is 1. The van der Waals surface area contributed by atoms with Gasteiger partial charge in [-0.05, 0) is 30.7 Å². The zero-order chi connectivity index (χ0) is 15.9. The highest BCUT2D eigenvalue weighted by atomic mass is 32.2. The number of nitrogens with one attached hydrogen (secondary N) is 1. The van der Waals surface area contributed by atoms with Crippen LogP contribution in [-0.2, 0) is 4.79 Å². The van der Waals surface area contributed by atoms with E-state index in [1.165, 1.54) is 6.07 Å². The minimum Gasteiger partial charge on any atom is -0.483 e. The van der Waals surface area contributed by atoms with Crippen molar-refractivity contribution in [2.24, 2.45) is 0 Å². The van der Waals surface area contributed by atoms with E-state index < -0.39 is 11.7 Å². The van der Waals surface area contributed by atoms with E-state index in [1.807, 2.05) is 25.1 Å². The summed E-state index contributed by atoms with van der Waals surface area (Å²) in [7, 11) is 0. The summed E-state index contributed by atoms with van der Waals surface area (Å²) in [6.45, 7) is 1.69. The Morgan fingerprint density at radius 3 is 2.59 bits per heavy atom. The lowest BCUT2D eigenvalue weighted by molar-refractivity contribution is -0.118. The van der Waals surface area contributed by atoms with E-state index in [0.29, 0.717) is 28.1 Å². The largest absolute Gasteiger partial charge is 0.483 e. The van der Waals surface area contributed by atoms with E-state index in [0.717, 1.165) is 5.56 Å². The third-order valence-corrected chi connectivity index (χ3v) is 3.62. The highest BCUT2D eigenvalue weighted by Gasteiger charge is 2.12. The lowest BCUT2D eigenvalue weighted by Gasteiger charge is -2.12. The molecule has 0 aliphatic carbocycles. The van der Waals surface area contributed by atoms with Gasteiger partial charge in [0.1, 0.15) is 5.75 Å². The van der Waals surface area contributed by atoms with Gasteiger partial charge < -0.3 is 10.1 Å². The first-order valence-electron chi connectivity index (χ1n) is 6.58. The maximum Gasteiger partial charge on any atom is 0.288 e. The lowest BCUT2D eigenvalue weighted by Crippen LogP contribution is -2.20. The fourth-order valence-corrected chi connectivity index (χ4v) is 2.41. The number of para-hydroxylation sites is 2. The summed E-state index contributed by atoms with van der Waals surface area (Å²) in [5.41, 5.74) is 1.27. The summed E-state index contributed by atoms with van der Waals surface area (Å²) in [6, 6.07) is 13.8. The number of benzene rings is 2. The molecule has 1 N–H and O–H groups in total. The molecule has 0 heterocycles. The summed E-state index contributed by atoms with van der Waals surface area (Å²) in [5, 5.41) is 2.59. The number of halogens is 2. The van der Waals surface area contributed by atoms with Gasteiger partial charge in [0.15, 0.2) is 6.61 Å². The minimum absolute atomic E-state index is 0.182. The summed E-state index contributed by atoms with van der Waals surface area (Å²) in [4.78, 5) is 12.2. The van der Waals surface area contributed by atoms with Gasteiger partial charge in [0.25, 0.3) is 11.7 Å². The van der Waals surface area contributed by atoms with Gasteiger partial charge in [0.05, 0.1) is 5.69 Å². The lowest BCUT2D eigenvalue weighted by atomic mass is 10.2. The molecular weight excluding hydrogens is 308 g/mol. The molecule has 0 unspecified atom stereocenters. The maximum atomic E-state index is 12.5. The van der Waals surface area contributed by atoms with Crippen LogP contribution in [0.1, 0.15) is 5.56 Å². The molecule has 1 amide bonds. The van der Waals surface area contributed by atoms with E-state index in [1.54, 1.807) is 24.3 Å². The molecule has 0 atom stereocenters. The average Bonchev–Trinajstić information content (AvgIpc) is 2.48. The van der Waals surface area contributed by atoms with Gasteiger partial charge in [0, 0.05) is 4.90 Å². The van der Waals surface area contributed by atoms with Crippen LogP contribution in [0.5, 0.6) is 5.75 Å². The van der Waals surface area contributed by atoms with E-state index in [2.05, 4.69) is 5.32 Å². The zero-order valence-electron chi connectivity index (χ0n) is 11.9. The number of thioether (sulfide) groups is 1. The van der Waals surface area contributed by atoms with Crippen LogP contribution >= 0.6 is 11.8 Å². The van der Waals surface area contributed by atoms with Crippen LogP contribution in [0, 0.1) is 6.92 Å². The SMILES string of the molecule is Cc1ccccc1OCC(=O)Nc1ccccc1SC(F)F. The second-order valence-electron chi connectivity index (χ2n) is 4.48. The second-order valence-corrected chi connectivity index (χ2v) is 5.51. The van der Waals surface area contributed by atoms with Gasteiger partial charge >= 0.3 is 0 Å². The molecule has 0 aliphatic rings. The molecule has 2 aromatic carbocycles. The van der Waals surface area contributed by atoms with Gasteiger partial charge in [-0.25, -0.2) is 0 Å². The molecule has 2 rings (SSSR count). The summed E-state index contributed by atoms with van der Waals surface area (Å²) in [5.74, 6) is -2.32. The van der Waals surface area contributed by atoms with Crippen LogP contribution in [0.4, 0.5) is 14.5 Å². The Labute approximate surface area is 131 Å². The van der Waals surface area contributed by atoms with E-state index in [-0.39, 0.29) is 6.61 Å². The van der Waals surface area contributed by atoms with Crippen molar-refractivity contribution in [3.8, 4) is 5.75 Å². The molecule has 0 bridgehead atoms. The van der Waals surface area contributed by atoms with Crippen LogP contribution in [-0.4, -0.2) is 18.3 Å². The van der Waals surface area contributed by atoms with Crippen molar-refractivity contribution in [2.75, 3.05) is 11.9 Å². The van der Waals surface area contributed by atoms with Crippen molar-refractivity contribution in [3.05, 3.63) is 54.1 Å². The highest BCUT2D eigenvalue weighted by Crippen LogP contribution is 2.31. The van der Waals surface area contributed by atoms with Gasteiger partial charge in [0.2, 0.25) is 0 Å². The molecule has 116 valence electrons. The van der Waals surface area contributed by atoms with Crippen LogP contribution in [0.15, 0.2) is 53.4 Å². The molecule has 0 aliphatic heterocycles. The van der Waals surface area contributed by atoms with Crippen molar-refractivity contribution < 1.29 is 18.3 Å². The Hall–Kier alpha value is -2.08. The fourth-order valence-electron chi connectivity index (χ4n) is 1.82. The summed E-state index contributed by atoms with van der Waals surface area (Å²) < 4.78 is 30.4. The van der Waals surface area contributed by atoms with E-state index in [9.17, 15) is 13.6 Å². The topological polar surface area (TPSA) is 38.3 Å². The van der Waals surface area contributed by atoms with Crippen molar-refractivity contribution >= 4 is 23.4 Å². The first kappa shape index (κ1) is 16.3. The molecule has 0 aromatic heterocycles. The number of alkyl halides is 2. The number of carbonyl (C=O) groups is 1. The number of carbonyl (C=O) groups excluding carboxylic acids is 1. The number of hydrogen-bond acceptors (Lipinski definition) is 3. The van der Waals surface area contributed by atoms with Gasteiger partial charge in [-0.2, -0.15) is 8.78 Å². The Balaban J connectivity index is 1.96. The number of amides is 1. The third-order valence-electron chi connectivity index (χ3n) is 2.83. The van der Waals surface area contributed by atoms with Crippen molar-refractivity contribution in [1.29, 1.82) is 0 Å². The Morgan fingerprint density at radius 1 is 1.18 bits per heavy atom. The molecule has 3 nitrogen and oxygen atoms in total. The number of aryl methyl sites for hydroxylation is 1. The van der Waals surface area contributed by atoms with Crippen LogP contribution in [0.3, 0.4) is 0 Å². The van der Waals surface area contributed by atoms with Crippen molar-refractivity contribution in [3.63, 3.8) is 0 Å². The monoisotopic (exact) mass is 323 g/mol. The van der Waals surface area contributed by atoms with Crippen molar-refractivity contribution in [1.82, 2.24) is 0 Å². The molecule has 6 heteroatoms. The molecule has 0 radical (unpaired) electrons. The molecule has 2 aromatic rings. The number of hydrogen-bond donors (Lipinski definition) is 1. The van der Waals surface area contributed by atoms with Crippen molar-refractivity contribution in [2.45, 2.75) is 17.6 Å². The highest BCUT2D eigenvalue weighted by molar-refractivity contribution is 7.99. The van der Waals surface area contributed by atoms with Gasteiger partial charge in [-0.1, -0.05) is 42.1 Å². The smallest absolute Gasteiger partial charge is 0.288 e. The molecule has 0 saturated carbocycles. The van der Waals surface area contributed by atoms with E-state index in [4.69, 9.17) is 4.74 Å². The normalized spacial score (nSPS) is 10.5. The zero-order valence-corrected chi connectivity index (χ0v) is 12.7. The molecule has 0 spiro atoms. The first-order chi connectivity index (χ1) is 10.6. The second kappa shape index (κ2) is 7.79. The third kappa shape index (κ3) is 4.73. The Morgan fingerprint density at radius 2 is 1.86 bits per heavy atom. The predicted molar refractivity (Wildman–Crippen MR) is 83.6 cm³/mol. The molecule has 22 heavy (non-hydrogen) atoms. The molecule has 0 fully saturated rings. The maximum absolute atomic E-state index is 12.5. The summed E-state index contributed by atoms with van der Waals surface area (Å²) >= 11 is 0.395. The quantitative estimate of drug-likeness (QED) is 0.804. The fraction of sp³-hybridized carbons (Fsp3) is 0.188.